The van der Waals surface area contributed by atoms with Crippen LogP contribution in [0.15, 0.2) is 40.0 Å². The van der Waals surface area contributed by atoms with E-state index >= 15 is 0 Å². The Labute approximate surface area is 165 Å². The van der Waals surface area contributed by atoms with Crippen LogP contribution < -0.4 is 10.6 Å². The molecular formula is C18H22BrN3O3S. The lowest BCUT2D eigenvalue weighted by molar-refractivity contribution is -0.139. The maximum atomic E-state index is 12.7. The standard InChI is InChI=1S/C18H22BrN3O3S/c1-2-25-17(23)15-14(11-22-6-8-26-9-7-22)20-18(24)21-16(15)12-4-3-5-13(19)10-12/h3-5,10,16H,2,6-9,11H2,1H3,(H2,20,21,24)/t16-/m1/s1. The van der Waals surface area contributed by atoms with Crippen LogP contribution in [0.25, 0.3) is 0 Å². The van der Waals surface area contributed by atoms with Crippen molar-refractivity contribution in [2.75, 3.05) is 37.7 Å². The third kappa shape index (κ3) is 4.61. The summed E-state index contributed by atoms with van der Waals surface area (Å²) < 4.78 is 6.18. The fourth-order valence-corrected chi connectivity index (χ4v) is 4.51. The molecule has 1 saturated heterocycles. The largest absolute Gasteiger partial charge is 0.463 e. The maximum absolute atomic E-state index is 12.7. The molecule has 0 aliphatic carbocycles. The minimum absolute atomic E-state index is 0.287. The van der Waals surface area contributed by atoms with E-state index in [1.165, 1.54) is 0 Å². The lowest BCUT2D eigenvalue weighted by Gasteiger charge is -2.33. The number of ether oxygens (including phenoxy) is 1. The van der Waals surface area contributed by atoms with Crippen LogP contribution in [0.5, 0.6) is 0 Å². The van der Waals surface area contributed by atoms with Crippen LogP contribution in [-0.4, -0.2) is 54.6 Å². The fraction of sp³-hybridized carbons (Fsp3) is 0.444. The Hall–Kier alpha value is -1.51. The van der Waals surface area contributed by atoms with Crippen LogP contribution in [0.3, 0.4) is 0 Å². The molecule has 1 aromatic rings. The van der Waals surface area contributed by atoms with Gasteiger partial charge in [0.2, 0.25) is 0 Å². The number of amides is 2. The first-order valence-electron chi connectivity index (χ1n) is 8.61. The lowest BCUT2D eigenvalue weighted by atomic mass is 9.95. The Bertz CT molecular complexity index is 719. The molecular weight excluding hydrogens is 418 g/mol. The van der Waals surface area contributed by atoms with Gasteiger partial charge in [-0.15, -0.1) is 0 Å². The van der Waals surface area contributed by atoms with Gasteiger partial charge in [0, 0.05) is 41.3 Å². The normalized spacial score (nSPS) is 21.2. The molecule has 140 valence electrons. The molecule has 0 radical (unpaired) electrons. The Morgan fingerprint density at radius 2 is 2.15 bits per heavy atom. The second kappa shape index (κ2) is 8.92. The molecule has 0 spiro atoms. The molecule has 0 saturated carbocycles. The molecule has 2 aliphatic heterocycles. The number of halogens is 1. The van der Waals surface area contributed by atoms with E-state index in [-0.39, 0.29) is 12.6 Å². The third-order valence-corrected chi connectivity index (χ3v) is 5.75. The average Bonchev–Trinajstić information content (AvgIpc) is 2.62. The molecule has 2 aliphatic rings. The Kier molecular flexibility index (Phi) is 6.61. The Morgan fingerprint density at radius 1 is 1.38 bits per heavy atom. The van der Waals surface area contributed by atoms with E-state index in [0.717, 1.165) is 34.6 Å². The Balaban J connectivity index is 1.98. The molecule has 2 N–H and O–H groups in total. The van der Waals surface area contributed by atoms with Crippen LogP contribution in [0.1, 0.15) is 18.5 Å². The minimum Gasteiger partial charge on any atom is -0.463 e. The van der Waals surface area contributed by atoms with E-state index in [1.54, 1.807) is 6.92 Å². The second-order valence-electron chi connectivity index (χ2n) is 6.09. The number of urea groups is 1. The summed E-state index contributed by atoms with van der Waals surface area (Å²) in [5.74, 6) is 1.72. The van der Waals surface area contributed by atoms with Crippen molar-refractivity contribution in [2.24, 2.45) is 0 Å². The van der Waals surface area contributed by atoms with E-state index in [9.17, 15) is 9.59 Å². The van der Waals surface area contributed by atoms with Crippen molar-refractivity contribution in [3.05, 3.63) is 45.6 Å². The number of carbonyl (C=O) groups excluding carboxylic acids is 2. The number of carbonyl (C=O) groups is 2. The van der Waals surface area contributed by atoms with Crippen molar-refractivity contribution >= 4 is 39.7 Å². The summed E-state index contributed by atoms with van der Waals surface area (Å²) in [6.45, 7) is 4.48. The van der Waals surface area contributed by atoms with Crippen molar-refractivity contribution in [3.63, 3.8) is 0 Å². The van der Waals surface area contributed by atoms with Crippen molar-refractivity contribution in [3.8, 4) is 0 Å². The van der Waals surface area contributed by atoms with Crippen LogP contribution in [0.4, 0.5) is 4.79 Å². The van der Waals surface area contributed by atoms with Gasteiger partial charge in [-0.3, -0.25) is 4.90 Å². The summed E-state index contributed by atoms with van der Waals surface area (Å²) in [4.78, 5) is 27.2. The molecule has 1 atom stereocenters. The predicted molar refractivity (Wildman–Crippen MR) is 106 cm³/mol. The molecule has 26 heavy (non-hydrogen) atoms. The molecule has 1 aromatic carbocycles. The molecule has 3 rings (SSSR count). The van der Waals surface area contributed by atoms with Gasteiger partial charge in [0.1, 0.15) is 0 Å². The molecule has 0 unspecified atom stereocenters. The molecule has 2 heterocycles. The number of nitrogens with one attached hydrogen (secondary N) is 2. The topological polar surface area (TPSA) is 70.7 Å². The van der Waals surface area contributed by atoms with Gasteiger partial charge in [-0.1, -0.05) is 28.1 Å². The van der Waals surface area contributed by atoms with Gasteiger partial charge in [-0.25, -0.2) is 9.59 Å². The van der Waals surface area contributed by atoms with Crippen molar-refractivity contribution < 1.29 is 14.3 Å². The van der Waals surface area contributed by atoms with Gasteiger partial charge in [-0.2, -0.15) is 11.8 Å². The SMILES string of the molecule is CCOC(=O)C1=C(CN2CCSCC2)NC(=O)N[C@@H]1c1cccc(Br)c1. The monoisotopic (exact) mass is 439 g/mol. The first-order valence-corrected chi connectivity index (χ1v) is 10.6. The van der Waals surface area contributed by atoms with Gasteiger partial charge in [0.25, 0.3) is 0 Å². The number of rotatable bonds is 5. The van der Waals surface area contributed by atoms with E-state index < -0.39 is 12.0 Å². The van der Waals surface area contributed by atoms with Crippen LogP contribution in [0.2, 0.25) is 0 Å². The lowest BCUT2D eigenvalue weighted by Crippen LogP contribution is -2.49. The first kappa shape index (κ1) is 19.3. The molecule has 1 fully saturated rings. The summed E-state index contributed by atoms with van der Waals surface area (Å²) >= 11 is 5.38. The summed E-state index contributed by atoms with van der Waals surface area (Å²) in [7, 11) is 0. The smallest absolute Gasteiger partial charge is 0.338 e. The summed E-state index contributed by atoms with van der Waals surface area (Å²) in [6, 6.07) is 6.77. The van der Waals surface area contributed by atoms with Crippen LogP contribution >= 0.6 is 27.7 Å². The van der Waals surface area contributed by atoms with Crippen molar-refractivity contribution in [2.45, 2.75) is 13.0 Å². The van der Waals surface area contributed by atoms with Gasteiger partial charge in [-0.05, 0) is 24.6 Å². The number of nitrogens with zero attached hydrogens (tertiary/aromatic N) is 1. The van der Waals surface area contributed by atoms with Crippen LogP contribution in [0, 0.1) is 0 Å². The van der Waals surface area contributed by atoms with Gasteiger partial charge >= 0.3 is 12.0 Å². The molecule has 2 amide bonds. The Morgan fingerprint density at radius 3 is 2.85 bits per heavy atom. The highest BCUT2D eigenvalue weighted by molar-refractivity contribution is 9.10. The van der Waals surface area contributed by atoms with E-state index in [2.05, 4.69) is 31.5 Å². The second-order valence-corrected chi connectivity index (χ2v) is 8.23. The van der Waals surface area contributed by atoms with Gasteiger partial charge in [0.05, 0.1) is 18.2 Å². The predicted octanol–water partition coefficient (Wildman–Crippen LogP) is 2.67. The van der Waals surface area contributed by atoms with Crippen molar-refractivity contribution in [1.29, 1.82) is 0 Å². The number of hydrogen-bond donors (Lipinski definition) is 2. The maximum Gasteiger partial charge on any atom is 0.338 e. The summed E-state index contributed by atoms with van der Waals surface area (Å²) in [6.07, 6.45) is 0. The molecule has 8 heteroatoms. The van der Waals surface area contributed by atoms with Crippen molar-refractivity contribution in [1.82, 2.24) is 15.5 Å². The van der Waals surface area contributed by atoms with E-state index in [4.69, 9.17) is 4.74 Å². The highest BCUT2D eigenvalue weighted by Crippen LogP contribution is 2.30. The number of esters is 1. The highest BCUT2D eigenvalue weighted by Gasteiger charge is 2.34. The highest BCUT2D eigenvalue weighted by atomic mass is 79.9. The average molecular weight is 440 g/mol. The third-order valence-electron chi connectivity index (χ3n) is 4.32. The van der Waals surface area contributed by atoms with Gasteiger partial charge in [0.15, 0.2) is 0 Å². The number of benzene rings is 1. The minimum atomic E-state index is -0.533. The molecule has 0 bridgehead atoms. The quantitative estimate of drug-likeness (QED) is 0.690. The van der Waals surface area contributed by atoms with E-state index in [1.807, 2.05) is 36.0 Å². The van der Waals surface area contributed by atoms with Gasteiger partial charge < -0.3 is 15.4 Å². The molecule has 6 nitrogen and oxygen atoms in total. The summed E-state index contributed by atoms with van der Waals surface area (Å²) in [5.41, 5.74) is 1.94. The molecule has 0 aromatic heterocycles. The number of hydrogen-bond acceptors (Lipinski definition) is 5. The zero-order chi connectivity index (χ0) is 18.5. The number of thioether (sulfide) groups is 1. The van der Waals surface area contributed by atoms with Crippen LogP contribution in [-0.2, 0) is 9.53 Å². The zero-order valence-electron chi connectivity index (χ0n) is 14.6. The first-order chi connectivity index (χ1) is 12.6. The van der Waals surface area contributed by atoms with E-state index in [0.29, 0.717) is 17.8 Å². The fourth-order valence-electron chi connectivity index (χ4n) is 3.11. The zero-order valence-corrected chi connectivity index (χ0v) is 17.0. The summed E-state index contributed by atoms with van der Waals surface area (Å²) in [5, 5.41) is 5.70.